The van der Waals surface area contributed by atoms with Crippen molar-refractivity contribution in [2.75, 3.05) is 21.3 Å². The molecule has 28 heteroatoms. The molecule has 10 aliphatic carbocycles. The number of carbonyl (C=O) groups is 8. The summed E-state index contributed by atoms with van der Waals surface area (Å²) in [4.78, 5) is 150. The summed E-state index contributed by atoms with van der Waals surface area (Å²) >= 11 is 0. The number of fused-ring (bicyclic) bond motifs is 4. The molecule has 28 nitrogen and oxygen atoms in total. The highest BCUT2D eigenvalue weighted by molar-refractivity contribution is 6.09. The van der Waals surface area contributed by atoms with Crippen LogP contribution in [-0.2, 0) is 0 Å². The highest BCUT2D eigenvalue weighted by Crippen LogP contribution is 2.57. The fourth-order valence-electron chi connectivity index (χ4n) is 23.2. The van der Waals surface area contributed by atoms with E-state index in [1.54, 1.807) is 140 Å². The number of H-pyrrole nitrogens is 4. The molecule has 0 saturated heterocycles. The molecule has 0 radical (unpaired) electrons. The van der Waals surface area contributed by atoms with Gasteiger partial charge in [-0.05, 0) is 308 Å². The van der Waals surface area contributed by atoms with Gasteiger partial charge in [-0.1, -0.05) is 106 Å². The van der Waals surface area contributed by atoms with Crippen LogP contribution in [0.15, 0.2) is 268 Å². The van der Waals surface area contributed by atoms with Gasteiger partial charge < -0.3 is 62.5 Å². The third-order valence-electron chi connectivity index (χ3n) is 29.7. The first-order valence-electron chi connectivity index (χ1n) is 49.9. The predicted octanol–water partition coefficient (Wildman–Crippen LogP) is 21.7. The number of aromatic nitrogens is 12. The first kappa shape index (κ1) is 92.4. The second-order valence-corrected chi connectivity index (χ2v) is 39.7. The molecule has 10 saturated carbocycles. The monoisotopic (exact) mass is 1890 g/mol. The zero-order valence-electron chi connectivity index (χ0n) is 78.8. The van der Waals surface area contributed by atoms with Crippen molar-refractivity contribution in [1.82, 2.24) is 81.1 Å². The standard InChI is InChI=1S/2C30H29N5O2.2C27H27N5O2/c36-28(32-24-2-1-9-31-17-24)23-7-8-25-26(13-23)34-27(33-25)21-3-5-22(6-4-21)29(37)35-30-14-18-10-19(15-30)12-20(11-18)16-30;36-29(35-27-22-11-17-10-18(13-22)14-23(27)12-17)20-5-3-19(4-6-20)28-33-25-8-7-21(15-26(25)34-28)30(37)32-24-2-1-9-31-16-24;33-26(32-24-9-5-6-16-28-24)19-12-10-18(11-13-19)25-30-22-15-14-20(17-23(22)31-25)27(34)29-21-7-3-1-2-4-8-21;33-26(30-22-13-15-28-16-14-22)19-9-7-18(8-10-19)25-31-23-12-11-20(17-24(23)32-25)27(34)29-21-5-3-1-2-4-6-21/h1-9,13,17-20H,10-12,14-16H2,(H,32,36)(H,33,34)(H,35,37);1-9,15-18,22-23,27H,10-14H2,(H,32,37)(H,33,34)(H,35,36);5-6,9-17,21H,1-4,7-8H2,(H,29,34)(H,30,31)(H,28,32,33);7-17,21H,1-6H2,(H,29,34)(H,31,32)(H,28,30,33). The van der Waals surface area contributed by atoms with Crippen LogP contribution in [0.3, 0.4) is 0 Å². The minimum atomic E-state index is -0.223. The number of nitrogens with zero attached hydrogens (tertiary/aromatic N) is 8. The third kappa shape index (κ3) is 21.7. The number of hydrogen-bond donors (Lipinski definition) is 12. The van der Waals surface area contributed by atoms with Gasteiger partial charge in [-0.2, -0.15) is 0 Å². The average Bonchev–Trinajstić information content (AvgIpc) is 0.806. The van der Waals surface area contributed by atoms with E-state index in [2.05, 4.69) is 97.4 Å². The Bertz CT molecular complexity index is 7010. The highest BCUT2D eigenvalue weighted by Gasteiger charge is 2.52. The van der Waals surface area contributed by atoms with Crippen LogP contribution >= 0.6 is 0 Å². The lowest BCUT2D eigenvalue weighted by Crippen LogP contribution is -2.59. The van der Waals surface area contributed by atoms with Crippen LogP contribution in [0, 0.1) is 41.4 Å². The fraction of sp³-hybridized carbons (Fsp3) is 0.298. The topological polar surface area (TPSA) is 399 Å². The second kappa shape index (κ2) is 41.6. The molecule has 0 spiro atoms. The van der Waals surface area contributed by atoms with Crippen molar-refractivity contribution < 1.29 is 38.4 Å². The van der Waals surface area contributed by atoms with Crippen molar-refractivity contribution >= 4 is 114 Å². The average molecular weight is 1890 g/mol. The first-order chi connectivity index (χ1) is 69.4. The normalized spacial score (nSPS) is 20.4. The maximum Gasteiger partial charge on any atom is 0.256 e. The Hall–Kier alpha value is -16.0. The number of aromatic amines is 4. The Morgan fingerprint density at radius 3 is 0.993 bits per heavy atom. The molecule has 8 amide bonds. The number of imidazole rings is 4. The quantitative estimate of drug-likeness (QED) is 0.0315. The molecule has 0 atom stereocenters. The Morgan fingerprint density at radius 2 is 0.620 bits per heavy atom. The number of benzene rings is 8. The SMILES string of the molecule is O=C(Nc1ccccn1)c1ccc(-c2nc3ccc(C(=O)NC4CCCCCC4)cc3[nH]2)cc1.O=C(Nc1cccnc1)c1ccc2nc(-c3ccc(C(=O)NC45CC6CC(CC(C6)C4)C5)cc3)[nH]c2c1.O=C(Nc1cccnc1)c1ccc2nc(-c3ccc(C(=O)NC4C5CC6CC(C5)CC4C6)cc3)[nH]c2c1.O=C(Nc1ccncc1)c1ccc(-c2nc3ccc(C(=O)NC4CCCCCC4)cc3[nH]2)cc1. The summed E-state index contributed by atoms with van der Waals surface area (Å²) < 4.78 is 0. The molecule has 26 rings (SSSR count). The summed E-state index contributed by atoms with van der Waals surface area (Å²) in [5, 5.41) is 24.6. The van der Waals surface area contributed by atoms with E-state index in [1.165, 1.54) is 103 Å². The number of pyridine rings is 4. The number of hydrogen-bond acceptors (Lipinski definition) is 16. The molecule has 8 aromatic heterocycles. The Kier molecular flexibility index (Phi) is 27.0. The van der Waals surface area contributed by atoms with E-state index >= 15 is 0 Å². The Balaban J connectivity index is 0.000000112. The summed E-state index contributed by atoms with van der Waals surface area (Å²) in [7, 11) is 0. The lowest BCUT2D eigenvalue weighted by atomic mass is 9.53. The number of nitrogens with one attached hydrogen (secondary N) is 12. The van der Waals surface area contributed by atoms with E-state index in [-0.39, 0.29) is 64.9 Å². The van der Waals surface area contributed by atoms with Crippen LogP contribution in [0.4, 0.5) is 22.9 Å². The zero-order chi connectivity index (χ0) is 96.6. The third-order valence-corrected chi connectivity index (χ3v) is 29.7. The van der Waals surface area contributed by atoms with Crippen molar-refractivity contribution in [2.45, 2.75) is 171 Å². The molecule has 10 fully saturated rings. The molecule has 142 heavy (non-hydrogen) atoms. The van der Waals surface area contributed by atoms with Crippen LogP contribution in [0.5, 0.6) is 0 Å². The van der Waals surface area contributed by atoms with Gasteiger partial charge in [0.15, 0.2) is 0 Å². The summed E-state index contributed by atoms with van der Waals surface area (Å²) in [6.45, 7) is 0. The van der Waals surface area contributed by atoms with E-state index in [9.17, 15) is 38.4 Å². The molecule has 10 aliphatic rings. The molecule has 16 aromatic rings. The molecule has 716 valence electrons. The van der Waals surface area contributed by atoms with Crippen LogP contribution in [0.1, 0.15) is 231 Å². The van der Waals surface area contributed by atoms with Crippen molar-refractivity contribution in [1.29, 1.82) is 0 Å². The predicted molar refractivity (Wildman–Crippen MR) is 549 cm³/mol. The van der Waals surface area contributed by atoms with Crippen LogP contribution in [0.2, 0.25) is 0 Å². The lowest BCUT2D eigenvalue weighted by molar-refractivity contribution is -0.0167. The maximum atomic E-state index is 13.2. The van der Waals surface area contributed by atoms with E-state index in [0.29, 0.717) is 109 Å². The molecule has 8 bridgehead atoms. The number of amides is 8. The molecule has 0 aliphatic heterocycles. The summed E-state index contributed by atoms with van der Waals surface area (Å²) in [5.41, 5.74) is 16.6. The van der Waals surface area contributed by atoms with Crippen LogP contribution < -0.4 is 42.5 Å². The van der Waals surface area contributed by atoms with Crippen molar-refractivity contribution in [2.24, 2.45) is 41.4 Å². The molecule has 0 unspecified atom stereocenters. The van der Waals surface area contributed by atoms with E-state index in [4.69, 9.17) is 4.98 Å². The zero-order valence-corrected chi connectivity index (χ0v) is 78.8. The number of carbonyl (C=O) groups excluding carboxylic acids is 8. The van der Waals surface area contributed by atoms with Gasteiger partial charge >= 0.3 is 0 Å². The number of rotatable bonds is 20. The van der Waals surface area contributed by atoms with E-state index in [1.807, 2.05) is 127 Å². The lowest BCUT2D eigenvalue weighted by Gasteiger charge is -2.56. The van der Waals surface area contributed by atoms with Gasteiger partial charge in [-0.3, -0.25) is 53.3 Å². The van der Waals surface area contributed by atoms with Gasteiger partial charge in [0.25, 0.3) is 47.3 Å². The summed E-state index contributed by atoms with van der Waals surface area (Å²) in [6.07, 6.45) is 39.5. The van der Waals surface area contributed by atoms with Gasteiger partial charge in [0.2, 0.25) is 0 Å². The Morgan fingerprint density at radius 1 is 0.282 bits per heavy atom. The van der Waals surface area contributed by atoms with Crippen LogP contribution in [-0.4, -0.2) is 131 Å². The fourth-order valence-corrected chi connectivity index (χ4v) is 23.2. The first-order valence-corrected chi connectivity index (χ1v) is 49.9. The van der Waals surface area contributed by atoms with E-state index in [0.717, 1.165) is 141 Å². The second-order valence-electron chi connectivity index (χ2n) is 39.7. The van der Waals surface area contributed by atoms with Gasteiger partial charge in [0, 0.05) is 127 Å². The smallest absolute Gasteiger partial charge is 0.256 e. The van der Waals surface area contributed by atoms with Crippen molar-refractivity contribution in [3.8, 4) is 45.6 Å². The molecule has 8 heterocycles. The van der Waals surface area contributed by atoms with Crippen molar-refractivity contribution in [3.63, 3.8) is 0 Å². The molecule has 12 N–H and O–H groups in total. The van der Waals surface area contributed by atoms with E-state index < -0.39 is 0 Å². The maximum absolute atomic E-state index is 13.2. The largest absolute Gasteiger partial charge is 0.349 e. The summed E-state index contributed by atoms with van der Waals surface area (Å²) in [6, 6.07) is 68.4. The number of anilines is 4. The van der Waals surface area contributed by atoms with Gasteiger partial charge in [-0.15, -0.1) is 0 Å². The van der Waals surface area contributed by atoms with Gasteiger partial charge in [0.05, 0.1) is 67.9 Å². The minimum absolute atomic E-state index is 0.00423. The molecular formula is C114H112N20O8. The molecule has 8 aromatic carbocycles. The highest BCUT2D eigenvalue weighted by atomic mass is 16.2. The van der Waals surface area contributed by atoms with Gasteiger partial charge in [0.1, 0.15) is 29.1 Å². The minimum Gasteiger partial charge on any atom is -0.349 e. The van der Waals surface area contributed by atoms with Crippen molar-refractivity contribution in [3.05, 3.63) is 312 Å². The van der Waals surface area contributed by atoms with Crippen LogP contribution in [0.25, 0.3) is 89.7 Å². The summed E-state index contributed by atoms with van der Waals surface area (Å²) in [5.74, 6) is 7.94. The Labute approximate surface area is 820 Å². The molecular weight excluding hydrogens is 1780 g/mol. The van der Waals surface area contributed by atoms with Gasteiger partial charge in [-0.25, -0.2) is 24.9 Å².